The topological polar surface area (TPSA) is 80.5 Å². The summed E-state index contributed by atoms with van der Waals surface area (Å²) < 4.78 is 20.1. The number of hydrogen-bond acceptors (Lipinski definition) is 5. The molecule has 3 N–H and O–H groups in total. The summed E-state index contributed by atoms with van der Waals surface area (Å²) in [6.07, 6.45) is 4.00. The van der Waals surface area contributed by atoms with Gasteiger partial charge in [-0.1, -0.05) is 29.5 Å². The maximum atomic E-state index is 13.8. The Morgan fingerprint density at radius 2 is 1.93 bits per heavy atom. The Bertz CT molecular complexity index is 1060. The van der Waals surface area contributed by atoms with E-state index in [1.54, 1.807) is 12.1 Å². The number of urea groups is 1. The first-order valence-electron chi connectivity index (χ1n) is 10.2. The molecule has 3 aromatic rings. The molecule has 0 unspecified atom stereocenters. The highest BCUT2D eigenvalue weighted by Gasteiger charge is 2.42. The van der Waals surface area contributed by atoms with Crippen LogP contribution in [0, 0.1) is 5.82 Å². The van der Waals surface area contributed by atoms with E-state index < -0.39 is 0 Å². The normalized spacial score (nSPS) is 23.1. The lowest BCUT2D eigenvalue weighted by atomic mass is 9.97. The number of nitrogens with two attached hydrogens (primary N) is 1. The number of carbonyl (C=O) groups excluding carboxylic acids is 1. The highest BCUT2D eigenvalue weighted by atomic mass is 32.1. The van der Waals surface area contributed by atoms with Crippen LogP contribution in [-0.2, 0) is 6.54 Å². The van der Waals surface area contributed by atoms with Gasteiger partial charge in [-0.15, -0.1) is 0 Å². The molecule has 5 rings (SSSR count). The Balaban J connectivity index is 1.18. The number of halogens is 1. The molecule has 156 valence electrons. The van der Waals surface area contributed by atoms with Crippen molar-refractivity contribution in [2.45, 2.75) is 50.4 Å². The molecule has 0 radical (unpaired) electrons. The van der Waals surface area contributed by atoms with Gasteiger partial charge >= 0.3 is 6.03 Å². The number of aromatic nitrogens is 1. The molecule has 2 aliphatic heterocycles. The summed E-state index contributed by atoms with van der Waals surface area (Å²) >= 11 is 1.20. The number of carbonyl (C=O) groups is 1. The van der Waals surface area contributed by atoms with Gasteiger partial charge in [-0.05, 0) is 55.5 Å². The number of hydrogen-bond donors (Lipinski definition) is 2. The maximum absolute atomic E-state index is 13.8. The smallest absolute Gasteiger partial charge is 0.315 e. The number of amides is 2. The number of piperidine rings is 1. The zero-order valence-corrected chi connectivity index (χ0v) is 17.2. The van der Waals surface area contributed by atoms with Crippen LogP contribution in [0.2, 0.25) is 0 Å². The monoisotopic (exact) mass is 426 g/mol. The number of ether oxygens (including phenoxy) is 1. The molecule has 0 spiro atoms. The van der Waals surface area contributed by atoms with Crippen LogP contribution in [0.1, 0.15) is 31.2 Å². The summed E-state index contributed by atoms with van der Waals surface area (Å²) in [5.41, 5.74) is 7.29. The van der Waals surface area contributed by atoms with Crippen LogP contribution in [0.15, 0.2) is 42.5 Å². The summed E-state index contributed by atoms with van der Waals surface area (Å²) in [7, 11) is 0. The quantitative estimate of drug-likeness (QED) is 0.634. The minimum Gasteiger partial charge on any atom is -0.431 e. The van der Waals surface area contributed by atoms with Crippen molar-refractivity contribution in [1.82, 2.24) is 15.2 Å². The largest absolute Gasteiger partial charge is 0.431 e. The molecule has 0 aliphatic carbocycles. The van der Waals surface area contributed by atoms with Crippen LogP contribution >= 0.6 is 11.3 Å². The van der Waals surface area contributed by atoms with E-state index in [0.29, 0.717) is 27.2 Å². The molecule has 2 saturated heterocycles. The molecule has 8 heteroatoms. The third kappa shape index (κ3) is 3.73. The fourth-order valence-electron chi connectivity index (χ4n) is 4.68. The first-order valence-corrected chi connectivity index (χ1v) is 11.0. The van der Waals surface area contributed by atoms with Gasteiger partial charge in [0.2, 0.25) is 0 Å². The molecule has 2 aliphatic rings. The second kappa shape index (κ2) is 7.85. The first kappa shape index (κ1) is 19.3. The maximum Gasteiger partial charge on any atom is 0.315 e. The average molecular weight is 427 g/mol. The summed E-state index contributed by atoms with van der Waals surface area (Å²) in [6.45, 7) is 0.757. The third-order valence-electron chi connectivity index (χ3n) is 6.06. The lowest BCUT2D eigenvalue weighted by Gasteiger charge is -2.38. The van der Waals surface area contributed by atoms with Crippen molar-refractivity contribution in [1.29, 1.82) is 0 Å². The van der Waals surface area contributed by atoms with E-state index in [1.807, 2.05) is 29.2 Å². The number of nitrogens with zero attached hydrogens (tertiary/aromatic N) is 2. The second-order valence-corrected chi connectivity index (χ2v) is 8.96. The van der Waals surface area contributed by atoms with E-state index >= 15 is 0 Å². The van der Waals surface area contributed by atoms with Gasteiger partial charge in [0.25, 0.3) is 5.19 Å². The van der Waals surface area contributed by atoms with Crippen molar-refractivity contribution < 1.29 is 13.9 Å². The van der Waals surface area contributed by atoms with Crippen molar-refractivity contribution in [2.24, 2.45) is 5.73 Å². The van der Waals surface area contributed by atoms with Gasteiger partial charge in [-0.2, -0.15) is 0 Å². The van der Waals surface area contributed by atoms with Crippen molar-refractivity contribution in [3.8, 4) is 10.9 Å². The second-order valence-electron chi connectivity index (χ2n) is 7.99. The molecule has 2 fully saturated rings. The predicted octanol–water partition coefficient (Wildman–Crippen LogP) is 4.39. The lowest BCUT2D eigenvalue weighted by Crippen LogP contribution is -2.53. The minimum atomic E-state index is -0.285. The summed E-state index contributed by atoms with van der Waals surface area (Å²) in [5.74, 6) is 0.391. The Hall–Kier alpha value is -2.71. The zero-order valence-electron chi connectivity index (χ0n) is 16.4. The van der Waals surface area contributed by atoms with Gasteiger partial charge < -0.3 is 20.7 Å². The van der Waals surface area contributed by atoms with Crippen molar-refractivity contribution in [2.75, 3.05) is 0 Å². The molecule has 1 aromatic heterocycles. The van der Waals surface area contributed by atoms with Gasteiger partial charge in [-0.25, -0.2) is 14.2 Å². The first-order chi connectivity index (χ1) is 14.6. The van der Waals surface area contributed by atoms with Gasteiger partial charge in [-0.3, -0.25) is 0 Å². The number of benzene rings is 2. The molecule has 0 saturated carbocycles. The van der Waals surface area contributed by atoms with E-state index in [0.717, 1.165) is 37.8 Å². The molecule has 2 aromatic carbocycles. The van der Waals surface area contributed by atoms with Crippen molar-refractivity contribution in [3.63, 3.8) is 0 Å². The number of primary amides is 1. The number of rotatable bonds is 5. The molecule has 6 nitrogen and oxygen atoms in total. The number of thiazole rings is 1. The van der Waals surface area contributed by atoms with Crippen molar-refractivity contribution in [3.05, 3.63) is 53.8 Å². The van der Waals surface area contributed by atoms with Crippen LogP contribution in [0.5, 0.6) is 10.9 Å². The van der Waals surface area contributed by atoms with Gasteiger partial charge in [0.05, 0.1) is 10.2 Å². The standard InChI is InChI=1S/C22H23FN4O2S/c23-18-2-1-3-19-20(18)30-22(26-19)29-17-8-4-13(5-9-17)12-25-14-10-15-6-7-16(11-14)27(15)21(24)28/h1-5,8-9,14-16,25H,6-7,10-12H2,(H2,24,28)/t15-,16-/m1/s1. The average Bonchev–Trinajstić information content (AvgIpc) is 3.26. The zero-order chi connectivity index (χ0) is 20.7. The number of fused-ring (bicyclic) bond motifs is 3. The van der Waals surface area contributed by atoms with Gasteiger partial charge in [0.1, 0.15) is 11.6 Å². The molecular weight excluding hydrogens is 403 g/mol. The fourth-order valence-corrected chi connectivity index (χ4v) is 5.52. The highest BCUT2D eigenvalue weighted by Crippen LogP contribution is 2.36. The van der Waals surface area contributed by atoms with Crippen LogP contribution < -0.4 is 15.8 Å². The molecule has 3 heterocycles. The summed E-state index contributed by atoms with van der Waals surface area (Å²) in [5, 5.41) is 4.05. The van der Waals surface area contributed by atoms with Crippen LogP contribution in [0.3, 0.4) is 0 Å². The van der Waals surface area contributed by atoms with Gasteiger partial charge in [0.15, 0.2) is 0 Å². The van der Waals surface area contributed by atoms with E-state index in [2.05, 4.69) is 10.3 Å². The lowest BCUT2D eigenvalue weighted by molar-refractivity contribution is 0.138. The predicted molar refractivity (Wildman–Crippen MR) is 114 cm³/mol. The SMILES string of the molecule is NC(=O)N1[C@@H]2CC[C@@H]1CC(NCc1ccc(Oc3nc4cccc(F)c4s3)cc1)C2. The van der Waals surface area contributed by atoms with E-state index in [4.69, 9.17) is 10.5 Å². The minimum absolute atomic E-state index is 0.271. The van der Waals surface area contributed by atoms with Crippen LogP contribution in [0.4, 0.5) is 9.18 Å². The molecular formula is C22H23FN4O2S. The molecule has 30 heavy (non-hydrogen) atoms. The highest BCUT2D eigenvalue weighted by molar-refractivity contribution is 7.20. The Morgan fingerprint density at radius 1 is 1.20 bits per heavy atom. The molecule has 2 atom stereocenters. The van der Waals surface area contributed by atoms with E-state index in [-0.39, 0.29) is 23.9 Å². The Kier molecular flexibility index (Phi) is 5.04. The third-order valence-corrected chi connectivity index (χ3v) is 7.02. The van der Waals surface area contributed by atoms with Crippen LogP contribution in [0.25, 0.3) is 10.2 Å². The Labute approximate surface area is 177 Å². The van der Waals surface area contributed by atoms with Gasteiger partial charge in [0, 0.05) is 24.7 Å². The Morgan fingerprint density at radius 3 is 2.60 bits per heavy atom. The van der Waals surface area contributed by atoms with Crippen molar-refractivity contribution >= 4 is 27.6 Å². The van der Waals surface area contributed by atoms with Crippen LogP contribution in [-0.4, -0.2) is 34.0 Å². The molecule has 2 amide bonds. The number of nitrogens with one attached hydrogen (secondary N) is 1. The van der Waals surface area contributed by atoms with E-state index in [1.165, 1.54) is 17.4 Å². The fraction of sp³-hybridized carbons (Fsp3) is 0.364. The molecule has 2 bridgehead atoms. The summed E-state index contributed by atoms with van der Waals surface area (Å²) in [4.78, 5) is 17.8. The summed E-state index contributed by atoms with van der Waals surface area (Å²) in [6, 6.07) is 13.3. The van der Waals surface area contributed by atoms with E-state index in [9.17, 15) is 9.18 Å².